The molecule has 1 aromatic rings. The lowest BCUT2D eigenvalue weighted by atomic mass is 9.95. The quantitative estimate of drug-likeness (QED) is 0.0954. The first-order valence-electron chi connectivity index (χ1n) is 11.8. The number of nitrogens with zero attached hydrogens (tertiary/aromatic N) is 1. The molecule has 0 amide bonds. The summed E-state index contributed by atoms with van der Waals surface area (Å²) in [4.78, 5) is 0. The van der Waals surface area contributed by atoms with E-state index < -0.39 is 24.8 Å². The smallest absolute Gasteiger partial charge is 0.420 e. The molecule has 0 saturated carbocycles. The molecule has 37 heavy (non-hydrogen) atoms. The van der Waals surface area contributed by atoms with E-state index in [1.165, 1.54) is 23.8 Å². The van der Waals surface area contributed by atoms with E-state index in [1.807, 2.05) is 26.8 Å². The molecule has 0 spiro atoms. The van der Waals surface area contributed by atoms with Gasteiger partial charge in [0.2, 0.25) is 0 Å². The molecule has 3 N–H and O–H groups in total. The first-order valence-corrected chi connectivity index (χ1v) is 11.8. The van der Waals surface area contributed by atoms with Crippen LogP contribution < -0.4 is 10.9 Å². The van der Waals surface area contributed by atoms with Gasteiger partial charge in [-0.3, -0.25) is 5.01 Å². The number of nitrogens with two attached hydrogens (primary N) is 1. The predicted octanol–water partition coefficient (Wildman–Crippen LogP) is 8.06. The number of rotatable bonds is 12. The van der Waals surface area contributed by atoms with E-state index in [2.05, 4.69) is 26.7 Å². The molecule has 0 bridgehead atoms. The minimum absolute atomic E-state index is 0.0761. The van der Waals surface area contributed by atoms with Crippen LogP contribution in [0.4, 0.5) is 23.2 Å². The van der Waals surface area contributed by atoms with Gasteiger partial charge in [0.1, 0.15) is 18.2 Å². The van der Waals surface area contributed by atoms with Gasteiger partial charge < -0.3 is 9.84 Å². The fraction of sp³-hybridized carbons (Fsp3) is 0.379. The van der Waals surface area contributed by atoms with Gasteiger partial charge >= 0.3 is 6.18 Å². The number of benzene rings is 1. The van der Waals surface area contributed by atoms with Crippen molar-refractivity contribution in [3.05, 3.63) is 102 Å². The molecule has 206 valence electrons. The van der Waals surface area contributed by atoms with Crippen molar-refractivity contribution in [2.24, 2.45) is 5.84 Å². The monoisotopic (exact) mass is 524 g/mol. The van der Waals surface area contributed by atoms with E-state index in [9.17, 15) is 22.7 Å². The molecule has 0 aromatic heterocycles. The molecular weight excluding hydrogens is 484 g/mol. The first kappa shape index (κ1) is 33.9. The Morgan fingerprint density at radius 2 is 1.68 bits per heavy atom. The fourth-order valence-corrected chi connectivity index (χ4v) is 2.70. The van der Waals surface area contributed by atoms with Gasteiger partial charge in [0.25, 0.3) is 0 Å². The van der Waals surface area contributed by atoms with Gasteiger partial charge in [0.05, 0.1) is 5.69 Å². The maximum Gasteiger partial charge on any atom is 0.420 e. The third-order valence-electron chi connectivity index (χ3n) is 5.59. The van der Waals surface area contributed by atoms with Crippen molar-refractivity contribution in [1.29, 1.82) is 0 Å². The molecule has 0 fully saturated rings. The number of hydrogen-bond donors (Lipinski definition) is 2. The number of hydrazine groups is 1. The highest BCUT2D eigenvalue weighted by Gasteiger charge is 2.54. The van der Waals surface area contributed by atoms with Crippen LogP contribution in [0, 0.1) is 5.82 Å². The van der Waals surface area contributed by atoms with Gasteiger partial charge in [-0.15, -0.1) is 0 Å². The number of allylic oxidation sites excluding steroid dienone is 7. The summed E-state index contributed by atoms with van der Waals surface area (Å²) in [7, 11) is 0. The van der Waals surface area contributed by atoms with Crippen molar-refractivity contribution in [3.8, 4) is 0 Å². The van der Waals surface area contributed by atoms with E-state index in [-0.39, 0.29) is 17.1 Å². The first-order chi connectivity index (χ1) is 17.1. The average Bonchev–Trinajstić information content (AvgIpc) is 2.85. The normalized spacial score (nSPS) is 14.2. The molecule has 1 unspecified atom stereocenters. The number of hydrogen-bond acceptors (Lipinski definition) is 4. The summed E-state index contributed by atoms with van der Waals surface area (Å²) < 4.78 is 56.9. The maximum atomic E-state index is 13.0. The van der Waals surface area contributed by atoms with E-state index in [0.717, 1.165) is 24.2 Å². The Morgan fingerprint density at radius 3 is 2.14 bits per heavy atom. The Kier molecular flexibility index (Phi) is 14.6. The van der Waals surface area contributed by atoms with E-state index in [0.29, 0.717) is 5.57 Å². The highest BCUT2D eigenvalue weighted by molar-refractivity contribution is 5.50. The summed E-state index contributed by atoms with van der Waals surface area (Å²) in [5.74, 6) is 5.75. The molecule has 1 atom stereocenters. The number of aliphatic hydroxyl groups is 1. The highest BCUT2D eigenvalue weighted by Crippen LogP contribution is 2.36. The number of halogens is 4. The second kappa shape index (κ2) is 15.9. The Balaban J connectivity index is 0.000000749. The van der Waals surface area contributed by atoms with Crippen LogP contribution in [0.3, 0.4) is 0 Å². The molecule has 0 aliphatic heterocycles. The summed E-state index contributed by atoms with van der Waals surface area (Å²) >= 11 is 0. The molecule has 1 aromatic carbocycles. The third kappa shape index (κ3) is 11.7. The highest BCUT2D eigenvalue weighted by atomic mass is 19.4. The molecular formula is C29H40F4N2O2. The van der Waals surface area contributed by atoms with Crippen LogP contribution in [0.1, 0.15) is 53.9 Å². The zero-order valence-electron chi connectivity index (χ0n) is 22.5. The minimum Gasteiger partial charge on any atom is -0.491 e. The average molecular weight is 525 g/mol. The van der Waals surface area contributed by atoms with E-state index in [4.69, 9.17) is 10.6 Å². The van der Waals surface area contributed by atoms with Crippen molar-refractivity contribution in [1.82, 2.24) is 0 Å². The van der Waals surface area contributed by atoms with Crippen LogP contribution in [-0.4, -0.2) is 23.5 Å². The van der Waals surface area contributed by atoms with Crippen molar-refractivity contribution in [3.63, 3.8) is 0 Å². The van der Waals surface area contributed by atoms with Gasteiger partial charge in [0.15, 0.2) is 5.60 Å². The van der Waals surface area contributed by atoms with Gasteiger partial charge in [0, 0.05) is 12.1 Å². The minimum atomic E-state index is -4.85. The molecule has 1 rings (SSSR count). The lowest BCUT2D eigenvalue weighted by Crippen LogP contribution is -2.49. The summed E-state index contributed by atoms with van der Waals surface area (Å²) in [6, 6.07) is 6.15. The topological polar surface area (TPSA) is 58.7 Å². The molecule has 0 heterocycles. The van der Waals surface area contributed by atoms with Crippen LogP contribution in [0.2, 0.25) is 0 Å². The van der Waals surface area contributed by atoms with Crippen LogP contribution in [0.25, 0.3) is 0 Å². The number of ether oxygens (including phenoxy) is 1. The summed E-state index contributed by atoms with van der Waals surface area (Å²) in [5, 5.41) is 11.4. The lowest BCUT2D eigenvalue weighted by molar-refractivity contribution is -0.271. The second-order valence-electron chi connectivity index (χ2n) is 8.53. The third-order valence-corrected chi connectivity index (χ3v) is 5.59. The van der Waals surface area contributed by atoms with Crippen LogP contribution in [0.15, 0.2) is 96.5 Å². The van der Waals surface area contributed by atoms with E-state index in [1.54, 1.807) is 36.2 Å². The van der Waals surface area contributed by atoms with Gasteiger partial charge in [-0.2, -0.15) is 13.2 Å². The van der Waals surface area contributed by atoms with Gasteiger partial charge in [-0.05, 0) is 63.5 Å². The molecule has 0 aliphatic carbocycles. The fourth-order valence-electron chi connectivity index (χ4n) is 2.70. The number of alkyl halides is 3. The Bertz CT molecular complexity index is 992. The second-order valence-corrected chi connectivity index (χ2v) is 8.53. The largest absolute Gasteiger partial charge is 0.491 e. The van der Waals surface area contributed by atoms with Gasteiger partial charge in [-0.1, -0.05) is 69.0 Å². The lowest BCUT2D eigenvalue weighted by Gasteiger charge is -2.31. The zero-order valence-corrected chi connectivity index (χ0v) is 22.5. The van der Waals surface area contributed by atoms with Crippen LogP contribution in [0.5, 0.6) is 0 Å². The van der Waals surface area contributed by atoms with Crippen molar-refractivity contribution < 1.29 is 27.4 Å². The van der Waals surface area contributed by atoms with Crippen LogP contribution >= 0.6 is 0 Å². The summed E-state index contributed by atoms with van der Waals surface area (Å²) in [5.41, 5.74) is 0.650. The zero-order chi connectivity index (χ0) is 28.8. The Hall–Kier alpha value is -3.10. The standard InChI is InChI=1S/C17H23F3O2.C12H17FN2/c1-6-8-9-10-14(4)15(5)22-12-16(21,17(18,19)20)11-13(3)7-2;1-4-9(2)10(3)15(14)12-7-5-11(13)6-8-12/h7-10,21H,2-3,5-6,11-12H2,1,4H3;5-8H,4,14H2,1-3H3/b9-8-,14-10-;10-9-. The SMILES string of the molecule is C=CC(=C)CC(O)(COC(=C)/C(C)=C\C=C/CC)C(F)(F)F.CC/C(C)=C(/C)N(N)c1ccc(F)cc1. The van der Waals surface area contributed by atoms with Crippen molar-refractivity contribution >= 4 is 5.69 Å². The molecule has 0 saturated heterocycles. The Morgan fingerprint density at radius 1 is 1.11 bits per heavy atom. The molecule has 0 radical (unpaired) electrons. The van der Waals surface area contributed by atoms with Crippen molar-refractivity contribution in [2.45, 2.75) is 65.7 Å². The maximum absolute atomic E-state index is 13.0. The van der Waals surface area contributed by atoms with E-state index >= 15 is 0 Å². The van der Waals surface area contributed by atoms with Crippen molar-refractivity contribution in [2.75, 3.05) is 11.6 Å². The van der Waals surface area contributed by atoms with Crippen LogP contribution in [-0.2, 0) is 4.74 Å². The molecule has 4 nitrogen and oxygen atoms in total. The summed E-state index contributed by atoms with van der Waals surface area (Å²) in [6.07, 6.45) is 2.75. The van der Waals surface area contributed by atoms with Gasteiger partial charge in [-0.25, -0.2) is 10.2 Å². The number of anilines is 1. The summed E-state index contributed by atoms with van der Waals surface area (Å²) in [6.45, 7) is 19.1. The Labute approximate surface area is 218 Å². The molecule has 0 aliphatic rings. The molecule has 8 heteroatoms. The predicted molar refractivity (Wildman–Crippen MR) is 145 cm³/mol.